The molecule has 0 saturated heterocycles. The quantitative estimate of drug-likeness (QED) is 0.346. The van der Waals surface area contributed by atoms with Gasteiger partial charge in [0.15, 0.2) is 0 Å². The zero-order valence-corrected chi connectivity index (χ0v) is 22.0. The Hall–Kier alpha value is -0.400. The normalized spacial score (nSPS) is 22.7. The van der Waals surface area contributed by atoms with E-state index in [0.29, 0.717) is 9.54 Å². The molecule has 0 fully saturated rings. The van der Waals surface area contributed by atoms with E-state index in [2.05, 4.69) is 92.9 Å². The van der Waals surface area contributed by atoms with Crippen LogP contribution in [0.25, 0.3) is 12.2 Å². The summed E-state index contributed by atoms with van der Waals surface area (Å²) in [7, 11) is 15.5. The van der Waals surface area contributed by atoms with Crippen LogP contribution in [0.3, 0.4) is 0 Å². The van der Waals surface area contributed by atoms with Crippen LogP contribution in [-0.2, 0) is 15.6 Å². The molecule has 0 aliphatic heterocycles. The summed E-state index contributed by atoms with van der Waals surface area (Å²) in [4.78, 5) is 0. The number of hydrogen-bond donors (Lipinski definition) is 0. The van der Waals surface area contributed by atoms with Gasteiger partial charge in [-0.25, -0.2) is 0 Å². The Morgan fingerprint density at radius 1 is 0.893 bits per heavy atom. The summed E-state index contributed by atoms with van der Waals surface area (Å²) >= 11 is -4.04. The van der Waals surface area contributed by atoms with Crippen molar-refractivity contribution in [3.05, 3.63) is 82.9 Å². The van der Waals surface area contributed by atoms with Crippen LogP contribution in [0.1, 0.15) is 51.6 Å². The van der Waals surface area contributed by atoms with Gasteiger partial charge in [0.25, 0.3) is 0 Å². The standard InChI is InChI=1S/C13H15.C9H7.C2H7Si.2ClH.Zr/c1-2-3-6-11-9-10-12-7-4-5-8-13(11)12;1-2-5-9-7-3-6-8(9)4-1;1-3-2;;;/h2,4-5,7-11H,3,6H2,1H3;1-7H;3H,1-2H3;2*1H;/q;;;;;+2/p-2. The van der Waals surface area contributed by atoms with Crippen molar-refractivity contribution in [2.24, 2.45) is 0 Å². The molecule has 2 aliphatic carbocycles. The molecule has 0 bridgehead atoms. The average Bonchev–Trinajstić information content (AvgIpc) is 3.30. The van der Waals surface area contributed by atoms with Gasteiger partial charge < -0.3 is 0 Å². The van der Waals surface area contributed by atoms with Gasteiger partial charge in [-0.1, -0.05) is 0 Å². The van der Waals surface area contributed by atoms with Gasteiger partial charge >= 0.3 is 180 Å². The maximum absolute atomic E-state index is 7.77. The number of hydrogen-bond acceptors (Lipinski definition) is 0. The SMILES string of the molecule is C[CH](CCC1C=Cc2ccccc21)[Zr]([Cl])([Cl])([CH]1C=Cc2ccccc21)[SiH](C)C. The van der Waals surface area contributed by atoms with Crippen molar-refractivity contribution in [2.45, 2.75) is 46.0 Å². The van der Waals surface area contributed by atoms with Crippen molar-refractivity contribution < 1.29 is 15.6 Å². The van der Waals surface area contributed by atoms with Crippen LogP contribution in [0, 0.1) is 0 Å². The van der Waals surface area contributed by atoms with Crippen LogP contribution in [0.4, 0.5) is 0 Å². The summed E-state index contributed by atoms with van der Waals surface area (Å²) in [6, 6.07) is 17.4. The second kappa shape index (κ2) is 7.69. The van der Waals surface area contributed by atoms with Gasteiger partial charge in [-0.05, 0) is 0 Å². The first-order chi connectivity index (χ1) is 13.3. The third kappa shape index (κ3) is 3.29. The maximum atomic E-state index is 7.77. The number of halogens is 2. The van der Waals surface area contributed by atoms with Gasteiger partial charge in [-0.3, -0.25) is 0 Å². The minimum absolute atomic E-state index is 0.272. The number of rotatable bonds is 6. The molecule has 2 aliphatic rings. The van der Waals surface area contributed by atoms with E-state index in [1.54, 1.807) is 0 Å². The molecule has 4 rings (SSSR count). The van der Waals surface area contributed by atoms with E-state index in [-0.39, 0.29) is 3.63 Å². The summed E-state index contributed by atoms with van der Waals surface area (Å²) < 4.78 is 0.687. The fourth-order valence-corrected chi connectivity index (χ4v) is 33.6. The first kappa shape index (κ1) is 20.9. The Bertz CT molecular complexity index is 947. The second-order valence-corrected chi connectivity index (χ2v) is 52.5. The molecule has 0 aromatic heterocycles. The van der Waals surface area contributed by atoms with Crippen molar-refractivity contribution in [3.8, 4) is 0 Å². The van der Waals surface area contributed by atoms with Crippen molar-refractivity contribution in [1.82, 2.24) is 0 Å². The Balaban J connectivity index is 1.59. The van der Waals surface area contributed by atoms with Crippen LogP contribution in [-0.4, -0.2) is 5.92 Å². The van der Waals surface area contributed by atoms with Crippen molar-refractivity contribution in [1.29, 1.82) is 0 Å². The molecule has 2 aromatic rings. The topological polar surface area (TPSA) is 0 Å². The van der Waals surface area contributed by atoms with E-state index in [1.165, 1.54) is 22.3 Å². The molecule has 3 atom stereocenters. The summed E-state index contributed by atoms with van der Waals surface area (Å²) in [6.45, 7) is 7.14. The first-order valence-corrected chi connectivity index (χ1v) is 26.7. The molecule has 0 spiro atoms. The zero-order chi connectivity index (χ0) is 20.0. The predicted octanol–water partition coefficient (Wildman–Crippen LogP) is 8.13. The fraction of sp³-hybridized carbons (Fsp3) is 0.333. The Morgan fingerprint density at radius 3 is 2.14 bits per heavy atom. The first-order valence-electron chi connectivity index (χ1n) is 10.4. The molecule has 28 heavy (non-hydrogen) atoms. The molecule has 0 nitrogen and oxygen atoms in total. The van der Waals surface area contributed by atoms with E-state index in [9.17, 15) is 0 Å². The molecule has 4 heteroatoms. The zero-order valence-electron chi connectivity index (χ0n) is 16.9. The summed E-state index contributed by atoms with van der Waals surface area (Å²) in [5.74, 6) is -0.741. The molecule has 0 heterocycles. The molecule has 0 N–H and O–H groups in total. The number of benzene rings is 2. The van der Waals surface area contributed by atoms with E-state index in [4.69, 9.17) is 17.0 Å². The van der Waals surface area contributed by atoms with Crippen molar-refractivity contribution >= 4 is 35.1 Å². The predicted molar refractivity (Wildman–Crippen MR) is 126 cm³/mol. The molecule has 147 valence electrons. The Kier molecular flexibility index (Phi) is 5.73. The van der Waals surface area contributed by atoms with Crippen molar-refractivity contribution in [2.75, 3.05) is 0 Å². The van der Waals surface area contributed by atoms with Gasteiger partial charge in [0.1, 0.15) is 0 Å². The second-order valence-electron chi connectivity index (χ2n) is 8.92. The molecular formula is C24H29Cl2SiZr. The van der Waals surface area contributed by atoms with Crippen molar-refractivity contribution in [3.63, 3.8) is 0 Å². The van der Waals surface area contributed by atoms with Gasteiger partial charge in [0, 0.05) is 0 Å². The van der Waals surface area contributed by atoms with E-state index in [0.717, 1.165) is 12.8 Å². The van der Waals surface area contributed by atoms with Crippen LogP contribution in [0.5, 0.6) is 0 Å². The molecule has 0 saturated carbocycles. The van der Waals surface area contributed by atoms with Gasteiger partial charge in [-0.15, -0.1) is 0 Å². The van der Waals surface area contributed by atoms with Crippen LogP contribution >= 0.6 is 17.0 Å². The van der Waals surface area contributed by atoms with Crippen LogP contribution < -0.4 is 0 Å². The summed E-state index contributed by atoms with van der Waals surface area (Å²) in [5, 5.41) is 0. The van der Waals surface area contributed by atoms with Crippen LogP contribution in [0.15, 0.2) is 60.7 Å². The van der Waals surface area contributed by atoms with Gasteiger partial charge in [0.2, 0.25) is 0 Å². The average molecular weight is 508 g/mol. The fourth-order valence-electron chi connectivity index (χ4n) is 5.25. The third-order valence-electron chi connectivity index (χ3n) is 7.25. The Labute approximate surface area is 178 Å². The summed E-state index contributed by atoms with van der Waals surface area (Å²) in [5.41, 5.74) is 5.51. The van der Waals surface area contributed by atoms with Crippen LogP contribution in [0.2, 0.25) is 16.7 Å². The monoisotopic (exact) mass is 505 g/mol. The molecule has 3 unspecified atom stereocenters. The molecule has 2 aromatic carbocycles. The molecular weight excluding hydrogens is 478 g/mol. The number of fused-ring (bicyclic) bond motifs is 2. The van der Waals surface area contributed by atoms with Gasteiger partial charge in [-0.2, -0.15) is 0 Å². The van der Waals surface area contributed by atoms with Gasteiger partial charge in [0.05, 0.1) is 0 Å². The third-order valence-corrected chi connectivity index (χ3v) is 63.4. The van der Waals surface area contributed by atoms with E-state index < -0.39 is 21.5 Å². The Morgan fingerprint density at radius 2 is 1.46 bits per heavy atom. The van der Waals surface area contributed by atoms with E-state index in [1.807, 2.05) is 0 Å². The minimum atomic E-state index is -4.04. The molecule has 0 amide bonds. The summed E-state index contributed by atoms with van der Waals surface area (Å²) in [6.07, 6.45) is 11.5. The molecule has 0 radical (unpaired) electrons. The van der Waals surface area contributed by atoms with E-state index >= 15 is 0 Å². The number of allylic oxidation sites excluding steroid dienone is 2.